The van der Waals surface area contributed by atoms with Crippen LogP contribution in [-0.2, 0) is 0 Å². The summed E-state index contributed by atoms with van der Waals surface area (Å²) < 4.78 is 1.81. The first-order valence-electron chi connectivity index (χ1n) is 7.28. The first-order valence-corrected chi connectivity index (χ1v) is 7.28. The molecule has 0 amide bonds. The van der Waals surface area contributed by atoms with Crippen molar-refractivity contribution in [3.8, 4) is 0 Å². The van der Waals surface area contributed by atoms with Gasteiger partial charge in [0.2, 0.25) is 5.78 Å². The van der Waals surface area contributed by atoms with E-state index in [0.717, 1.165) is 12.8 Å². The van der Waals surface area contributed by atoms with Gasteiger partial charge in [0, 0.05) is 30.4 Å². The topological polar surface area (TPSA) is 50.5 Å². The molecule has 2 aromatic heterocycles. The maximum absolute atomic E-state index is 12.8. The van der Waals surface area contributed by atoms with E-state index in [4.69, 9.17) is 0 Å². The maximum Gasteiger partial charge on any atom is 0.234 e. The molecule has 2 aliphatic heterocycles. The second-order valence-corrected chi connectivity index (χ2v) is 6.02. The van der Waals surface area contributed by atoms with E-state index < -0.39 is 0 Å². The van der Waals surface area contributed by atoms with Gasteiger partial charge in [0.05, 0.1) is 6.20 Å². The number of ketones is 1. The Balaban J connectivity index is 1.65. The fraction of sp³-hybridized carbons (Fsp3) is 0.533. The van der Waals surface area contributed by atoms with Gasteiger partial charge in [-0.3, -0.25) is 9.20 Å². The Morgan fingerprint density at radius 3 is 2.75 bits per heavy atom. The lowest BCUT2D eigenvalue weighted by atomic mass is 9.86. The SMILES string of the molecule is CN1C2CCC1CC(C(=O)c1cnc3ncccn13)C2. The Hall–Kier alpha value is -1.75. The van der Waals surface area contributed by atoms with Gasteiger partial charge in [-0.25, -0.2) is 9.97 Å². The van der Waals surface area contributed by atoms with Crippen LogP contribution < -0.4 is 0 Å². The highest BCUT2D eigenvalue weighted by Gasteiger charge is 2.41. The number of imidazole rings is 1. The molecule has 2 saturated heterocycles. The summed E-state index contributed by atoms with van der Waals surface area (Å²) in [7, 11) is 2.20. The zero-order valence-corrected chi connectivity index (χ0v) is 11.6. The molecule has 2 aromatic rings. The normalized spacial score (nSPS) is 29.9. The summed E-state index contributed by atoms with van der Waals surface area (Å²) in [5.41, 5.74) is 0.682. The van der Waals surface area contributed by atoms with Gasteiger partial charge < -0.3 is 4.90 Å². The first kappa shape index (κ1) is 12.0. The van der Waals surface area contributed by atoms with Crippen LogP contribution in [0.4, 0.5) is 0 Å². The van der Waals surface area contributed by atoms with Crippen molar-refractivity contribution in [3.63, 3.8) is 0 Å². The van der Waals surface area contributed by atoms with Gasteiger partial charge in [-0.15, -0.1) is 0 Å². The largest absolute Gasteiger partial charge is 0.300 e. The van der Waals surface area contributed by atoms with E-state index in [9.17, 15) is 4.79 Å². The van der Waals surface area contributed by atoms with Crippen LogP contribution in [0.15, 0.2) is 24.7 Å². The Kier molecular flexibility index (Phi) is 2.63. The van der Waals surface area contributed by atoms with Crippen molar-refractivity contribution in [1.82, 2.24) is 19.3 Å². The molecule has 0 aliphatic carbocycles. The molecular formula is C15H18N4O. The van der Waals surface area contributed by atoms with Crippen molar-refractivity contribution < 1.29 is 4.79 Å². The highest BCUT2D eigenvalue weighted by molar-refractivity contribution is 5.97. The Labute approximate surface area is 117 Å². The quantitative estimate of drug-likeness (QED) is 0.781. The highest BCUT2D eigenvalue weighted by atomic mass is 16.1. The molecule has 2 aliphatic rings. The molecule has 0 N–H and O–H groups in total. The number of Topliss-reactive ketones (excluding diaryl/α,β-unsaturated/α-hetero) is 1. The lowest BCUT2D eigenvalue weighted by Crippen LogP contribution is -2.42. The molecule has 2 bridgehead atoms. The smallest absolute Gasteiger partial charge is 0.234 e. The lowest BCUT2D eigenvalue weighted by molar-refractivity contribution is 0.0761. The molecule has 20 heavy (non-hydrogen) atoms. The third-order valence-corrected chi connectivity index (χ3v) is 5.01. The van der Waals surface area contributed by atoms with Crippen molar-refractivity contribution in [2.45, 2.75) is 37.8 Å². The summed E-state index contributed by atoms with van der Waals surface area (Å²) in [6.07, 6.45) is 9.68. The summed E-state index contributed by atoms with van der Waals surface area (Å²) in [6.45, 7) is 0. The second-order valence-electron chi connectivity index (χ2n) is 6.02. The van der Waals surface area contributed by atoms with Gasteiger partial charge in [-0.05, 0) is 38.8 Å². The number of hydrogen-bond acceptors (Lipinski definition) is 4. The van der Waals surface area contributed by atoms with Gasteiger partial charge >= 0.3 is 0 Å². The third kappa shape index (κ3) is 1.69. The van der Waals surface area contributed by atoms with Crippen molar-refractivity contribution in [3.05, 3.63) is 30.4 Å². The molecule has 0 saturated carbocycles. The number of aromatic nitrogens is 3. The van der Waals surface area contributed by atoms with Gasteiger partial charge in [-0.2, -0.15) is 0 Å². The van der Waals surface area contributed by atoms with Crippen LogP contribution in [0.2, 0.25) is 0 Å². The van der Waals surface area contributed by atoms with E-state index >= 15 is 0 Å². The van der Waals surface area contributed by atoms with E-state index in [-0.39, 0.29) is 11.7 Å². The van der Waals surface area contributed by atoms with Gasteiger partial charge in [0.25, 0.3) is 0 Å². The number of carbonyl (C=O) groups excluding carboxylic acids is 1. The number of hydrogen-bond donors (Lipinski definition) is 0. The average Bonchev–Trinajstić information content (AvgIpc) is 2.95. The molecule has 104 valence electrons. The van der Waals surface area contributed by atoms with E-state index in [1.165, 1.54) is 12.8 Å². The average molecular weight is 270 g/mol. The fourth-order valence-corrected chi connectivity index (χ4v) is 3.84. The van der Waals surface area contributed by atoms with Crippen molar-refractivity contribution in [1.29, 1.82) is 0 Å². The minimum absolute atomic E-state index is 0.142. The number of rotatable bonds is 2. The number of fused-ring (bicyclic) bond motifs is 3. The van der Waals surface area contributed by atoms with E-state index in [1.807, 2.05) is 16.7 Å². The Bertz CT molecular complexity index is 651. The highest BCUT2D eigenvalue weighted by Crippen LogP contribution is 2.38. The number of nitrogens with zero attached hydrogens (tertiary/aromatic N) is 4. The second kappa shape index (κ2) is 4.38. The van der Waals surface area contributed by atoms with Crippen LogP contribution >= 0.6 is 0 Å². The Morgan fingerprint density at radius 2 is 2.00 bits per heavy atom. The van der Waals surface area contributed by atoms with Crippen molar-refractivity contribution in [2.75, 3.05) is 7.05 Å². The summed E-state index contributed by atoms with van der Waals surface area (Å²) in [5, 5.41) is 0. The van der Waals surface area contributed by atoms with Gasteiger partial charge in [0.1, 0.15) is 5.69 Å². The minimum atomic E-state index is 0.142. The number of carbonyl (C=O) groups is 1. The molecule has 5 nitrogen and oxygen atoms in total. The molecule has 2 unspecified atom stereocenters. The minimum Gasteiger partial charge on any atom is -0.300 e. The van der Waals surface area contributed by atoms with E-state index in [2.05, 4.69) is 21.9 Å². The standard InChI is InChI=1S/C15H18N4O/c1-18-11-3-4-12(18)8-10(7-11)14(20)13-9-17-15-16-5-2-6-19(13)15/h2,5-6,9-12H,3-4,7-8H2,1H3. The molecule has 0 aromatic carbocycles. The van der Waals surface area contributed by atoms with Gasteiger partial charge in [0.15, 0.2) is 5.78 Å². The zero-order chi connectivity index (χ0) is 13.7. The molecule has 2 fully saturated rings. The summed E-state index contributed by atoms with van der Waals surface area (Å²) >= 11 is 0. The van der Waals surface area contributed by atoms with Crippen molar-refractivity contribution in [2.24, 2.45) is 5.92 Å². The molecular weight excluding hydrogens is 252 g/mol. The number of piperidine rings is 1. The van der Waals surface area contributed by atoms with Crippen LogP contribution in [-0.4, -0.2) is 44.2 Å². The van der Waals surface area contributed by atoms with Crippen LogP contribution in [0.5, 0.6) is 0 Å². The van der Waals surface area contributed by atoms with Crippen LogP contribution in [0.3, 0.4) is 0 Å². The predicted molar refractivity (Wildman–Crippen MR) is 74.6 cm³/mol. The predicted octanol–water partition coefficient (Wildman–Crippen LogP) is 1.78. The third-order valence-electron chi connectivity index (χ3n) is 5.01. The summed E-state index contributed by atoms with van der Waals surface area (Å²) in [4.78, 5) is 23.7. The molecule has 0 radical (unpaired) electrons. The molecule has 2 atom stereocenters. The van der Waals surface area contributed by atoms with E-state index in [0.29, 0.717) is 23.6 Å². The Morgan fingerprint density at radius 1 is 1.25 bits per heavy atom. The monoisotopic (exact) mass is 270 g/mol. The molecule has 4 rings (SSSR count). The van der Waals surface area contributed by atoms with Gasteiger partial charge in [-0.1, -0.05) is 0 Å². The summed E-state index contributed by atoms with van der Waals surface area (Å²) in [5.74, 6) is 0.978. The molecule has 4 heterocycles. The van der Waals surface area contributed by atoms with Crippen molar-refractivity contribution >= 4 is 11.6 Å². The van der Waals surface area contributed by atoms with Crippen LogP contribution in [0, 0.1) is 5.92 Å². The maximum atomic E-state index is 12.8. The van der Waals surface area contributed by atoms with Crippen LogP contribution in [0.1, 0.15) is 36.2 Å². The van der Waals surface area contributed by atoms with E-state index in [1.54, 1.807) is 12.4 Å². The first-order chi connectivity index (χ1) is 9.74. The fourth-order valence-electron chi connectivity index (χ4n) is 3.84. The zero-order valence-electron chi connectivity index (χ0n) is 11.6. The summed E-state index contributed by atoms with van der Waals surface area (Å²) in [6, 6.07) is 3.00. The van der Waals surface area contributed by atoms with Crippen LogP contribution in [0.25, 0.3) is 5.78 Å². The lowest BCUT2D eigenvalue weighted by Gasteiger charge is -2.35. The molecule has 5 heteroatoms. The molecule has 0 spiro atoms.